The quantitative estimate of drug-likeness (QED) is 0.528. The van der Waals surface area contributed by atoms with Crippen LogP contribution in [0.2, 0.25) is 0 Å². The van der Waals surface area contributed by atoms with Gasteiger partial charge >= 0.3 is 0 Å². The lowest BCUT2D eigenvalue weighted by Crippen LogP contribution is -2.14. The molecule has 0 atom stereocenters. The summed E-state index contributed by atoms with van der Waals surface area (Å²) in [6, 6.07) is 6.35. The summed E-state index contributed by atoms with van der Waals surface area (Å²) in [6.07, 6.45) is 1.30. The minimum absolute atomic E-state index is 0.237. The zero-order valence-corrected chi connectivity index (χ0v) is 6.59. The van der Waals surface area contributed by atoms with Crippen LogP contribution in [-0.4, -0.2) is 13.0 Å². The number of halogens is 1. The van der Waals surface area contributed by atoms with E-state index in [9.17, 15) is 9.18 Å². The van der Waals surface area contributed by atoms with Crippen LogP contribution in [0.1, 0.15) is 5.56 Å². The molecule has 0 radical (unpaired) electrons. The lowest BCUT2D eigenvalue weighted by Gasteiger charge is -1.99. The van der Waals surface area contributed by atoms with E-state index in [-0.39, 0.29) is 5.82 Å². The molecule has 1 amide bonds. The highest BCUT2D eigenvalue weighted by Gasteiger charge is 1.93. The summed E-state index contributed by atoms with van der Waals surface area (Å²) in [4.78, 5) is 9.88. The topological polar surface area (TPSA) is 29.1 Å². The van der Waals surface area contributed by atoms with E-state index < -0.39 is 0 Å². The predicted molar refractivity (Wildman–Crippen MR) is 44.2 cm³/mol. The number of rotatable bonds is 4. The smallest absolute Gasteiger partial charge is 0.207 e. The van der Waals surface area contributed by atoms with Crippen LogP contribution < -0.4 is 5.32 Å². The highest BCUT2D eigenvalue weighted by molar-refractivity contribution is 5.45. The highest BCUT2D eigenvalue weighted by Crippen LogP contribution is 2.03. The van der Waals surface area contributed by atoms with E-state index >= 15 is 0 Å². The second-order valence-corrected chi connectivity index (χ2v) is 2.45. The Morgan fingerprint density at radius 1 is 1.50 bits per heavy atom. The number of benzene rings is 1. The fourth-order valence-corrected chi connectivity index (χ4v) is 0.968. The monoisotopic (exact) mass is 167 g/mol. The van der Waals surface area contributed by atoms with Crippen LogP contribution in [0.3, 0.4) is 0 Å². The van der Waals surface area contributed by atoms with Gasteiger partial charge in [0.05, 0.1) is 0 Å². The van der Waals surface area contributed by atoms with E-state index in [1.54, 1.807) is 6.07 Å². The summed E-state index contributed by atoms with van der Waals surface area (Å²) in [7, 11) is 0. The van der Waals surface area contributed by atoms with Gasteiger partial charge in [0, 0.05) is 6.54 Å². The lowest BCUT2D eigenvalue weighted by molar-refractivity contribution is -0.109. The molecule has 0 saturated carbocycles. The average Bonchev–Trinajstić information content (AvgIpc) is 2.05. The van der Waals surface area contributed by atoms with Crippen molar-refractivity contribution in [3.05, 3.63) is 35.6 Å². The molecule has 0 aliphatic rings. The van der Waals surface area contributed by atoms with Crippen LogP contribution in [0, 0.1) is 5.82 Å². The molecule has 0 aliphatic heterocycles. The molecule has 3 heteroatoms. The Bertz CT molecular complexity index is 262. The largest absolute Gasteiger partial charge is 0.358 e. The molecule has 1 N–H and O–H groups in total. The Hall–Kier alpha value is -1.38. The molecule has 12 heavy (non-hydrogen) atoms. The van der Waals surface area contributed by atoms with Gasteiger partial charge in [0.15, 0.2) is 0 Å². The maximum atomic E-state index is 12.6. The van der Waals surface area contributed by atoms with Crippen molar-refractivity contribution < 1.29 is 9.18 Å². The first kappa shape index (κ1) is 8.71. The summed E-state index contributed by atoms with van der Waals surface area (Å²) >= 11 is 0. The van der Waals surface area contributed by atoms with E-state index in [1.807, 2.05) is 6.07 Å². The molecule has 0 saturated heterocycles. The van der Waals surface area contributed by atoms with Crippen molar-refractivity contribution in [3.8, 4) is 0 Å². The predicted octanol–water partition coefficient (Wildman–Crippen LogP) is 1.11. The van der Waals surface area contributed by atoms with E-state index in [0.717, 1.165) is 5.56 Å². The van der Waals surface area contributed by atoms with E-state index in [0.29, 0.717) is 19.4 Å². The third-order valence-electron chi connectivity index (χ3n) is 1.53. The van der Waals surface area contributed by atoms with Gasteiger partial charge in [-0.1, -0.05) is 12.1 Å². The standard InChI is InChI=1S/C9H10FNO/c10-9-3-1-2-8(6-9)4-5-11-7-12/h1-3,6-7H,4-5H2,(H,11,12). The third-order valence-corrected chi connectivity index (χ3v) is 1.53. The molecule has 0 bridgehead atoms. The zero-order chi connectivity index (χ0) is 8.81. The summed E-state index contributed by atoms with van der Waals surface area (Å²) in [5, 5.41) is 2.51. The number of hydrogen-bond donors (Lipinski definition) is 1. The maximum absolute atomic E-state index is 12.6. The van der Waals surface area contributed by atoms with Gasteiger partial charge in [-0.25, -0.2) is 4.39 Å². The van der Waals surface area contributed by atoms with Gasteiger partial charge in [0.2, 0.25) is 6.41 Å². The average molecular weight is 167 g/mol. The highest BCUT2D eigenvalue weighted by atomic mass is 19.1. The molecule has 0 aliphatic carbocycles. The number of nitrogens with one attached hydrogen (secondary N) is 1. The molecule has 1 rings (SSSR count). The van der Waals surface area contributed by atoms with Crippen LogP contribution in [0.4, 0.5) is 4.39 Å². The SMILES string of the molecule is O=CNCCc1cccc(F)c1. The van der Waals surface area contributed by atoms with Crippen LogP contribution >= 0.6 is 0 Å². The molecular formula is C9H10FNO. The van der Waals surface area contributed by atoms with Crippen molar-refractivity contribution in [3.63, 3.8) is 0 Å². The van der Waals surface area contributed by atoms with Crippen molar-refractivity contribution in [1.82, 2.24) is 5.32 Å². The molecule has 2 nitrogen and oxygen atoms in total. The van der Waals surface area contributed by atoms with E-state index in [4.69, 9.17) is 0 Å². The fraction of sp³-hybridized carbons (Fsp3) is 0.222. The lowest BCUT2D eigenvalue weighted by atomic mass is 10.1. The first-order valence-corrected chi connectivity index (χ1v) is 3.74. The van der Waals surface area contributed by atoms with Crippen molar-refractivity contribution in [1.29, 1.82) is 0 Å². The minimum atomic E-state index is -0.237. The van der Waals surface area contributed by atoms with Gasteiger partial charge in [0.25, 0.3) is 0 Å². The molecule has 1 aromatic rings. The van der Waals surface area contributed by atoms with Crippen LogP contribution in [0.25, 0.3) is 0 Å². The Morgan fingerprint density at radius 2 is 2.33 bits per heavy atom. The Morgan fingerprint density at radius 3 is 3.00 bits per heavy atom. The summed E-state index contributed by atoms with van der Waals surface area (Å²) < 4.78 is 12.6. The van der Waals surface area contributed by atoms with Crippen LogP contribution in [0.5, 0.6) is 0 Å². The second-order valence-electron chi connectivity index (χ2n) is 2.45. The number of carbonyl (C=O) groups excluding carboxylic acids is 1. The van der Waals surface area contributed by atoms with E-state index in [1.165, 1.54) is 12.1 Å². The Kier molecular flexibility index (Phi) is 3.26. The van der Waals surface area contributed by atoms with Crippen molar-refractivity contribution >= 4 is 6.41 Å². The second kappa shape index (κ2) is 4.49. The fourth-order valence-electron chi connectivity index (χ4n) is 0.968. The maximum Gasteiger partial charge on any atom is 0.207 e. The molecule has 0 heterocycles. The van der Waals surface area contributed by atoms with Gasteiger partial charge in [-0.2, -0.15) is 0 Å². The van der Waals surface area contributed by atoms with Crippen molar-refractivity contribution in [2.75, 3.05) is 6.54 Å². The summed E-state index contributed by atoms with van der Waals surface area (Å²) in [5.74, 6) is -0.237. The van der Waals surface area contributed by atoms with E-state index in [2.05, 4.69) is 5.32 Å². The molecule has 0 aromatic heterocycles. The zero-order valence-electron chi connectivity index (χ0n) is 6.59. The van der Waals surface area contributed by atoms with Gasteiger partial charge in [-0.15, -0.1) is 0 Å². The van der Waals surface area contributed by atoms with Gasteiger partial charge in [-0.05, 0) is 24.1 Å². The summed E-state index contributed by atoms with van der Waals surface area (Å²) in [6.45, 7) is 0.549. The number of carbonyl (C=O) groups is 1. The normalized spacial score (nSPS) is 9.42. The first-order chi connectivity index (χ1) is 5.83. The molecule has 64 valence electrons. The van der Waals surface area contributed by atoms with Crippen molar-refractivity contribution in [2.45, 2.75) is 6.42 Å². The molecule has 0 spiro atoms. The van der Waals surface area contributed by atoms with Gasteiger partial charge in [-0.3, -0.25) is 4.79 Å². The first-order valence-electron chi connectivity index (χ1n) is 3.74. The number of amides is 1. The molecule has 1 aromatic carbocycles. The van der Waals surface area contributed by atoms with Crippen LogP contribution in [-0.2, 0) is 11.2 Å². The Labute approximate surface area is 70.4 Å². The minimum Gasteiger partial charge on any atom is -0.358 e. The third kappa shape index (κ3) is 2.70. The Balaban J connectivity index is 2.46. The van der Waals surface area contributed by atoms with Gasteiger partial charge < -0.3 is 5.32 Å². The van der Waals surface area contributed by atoms with Crippen LogP contribution in [0.15, 0.2) is 24.3 Å². The molecule has 0 fully saturated rings. The number of hydrogen-bond acceptors (Lipinski definition) is 1. The van der Waals surface area contributed by atoms with Gasteiger partial charge in [0.1, 0.15) is 5.82 Å². The molecular weight excluding hydrogens is 157 g/mol. The molecule has 0 unspecified atom stereocenters. The van der Waals surface area contributed by atoms with Crippen molar-refractivity contribution in [2.24, 2.45) is 0 Å². The summed E-state index contributed by atoms with van der Waals surface area (Å²) in [5.41, 5.74) is 0.893.